The van der Waals surface area contributed by atoms with Crippen molar-refractivity contribution >= 4 is 12.0 Å². The number of carbonyl (C=O) groups is 2. The highest BCUT2D eigenvalue weighted by Gasteiger charge is 2.31. The predicted molar refractivity (Wildman–Crippen MR) is 45.9 cm³/mol. The maximum Gasteiger partial charge on any atom is 0.328 e. The molecule has 2 amide bonds. The van der Waals surface area contributed by atoms with Crippen molar-refractivity contribution in [3.63, 3.8) is 0 Å². The highest BCUT2D eigenvalue weighted by atomic mass is 16.5. The van der Waals surface area contributed by atoms with Crippen LogP contribution in [0.4, 0.5) is 4.79 Å². The zero-order valence-electron chi connectivity index (χ0n) is 7.66. The summed E-state index contributed by atoms with van der Waals surface area (Å²) in [5.74, 6) is -0.376. The van der Waals surface area contributed by atoms with Gasteiger partial charge in [-0.3, -0.25) is 0 Å². The summed E-state index contributed by atoms with van der Waals surface area (Å²) in [6.07, 6.45) is 2.48. The molecule has 5 heteroatoms. The third kappa shape index (κ3) is 2.11. The van der Waals surface area contributed by atoms with Gasteiger partial charge in [0.25, 0.3) is 0 Å². The smallest absolute Gasteiger partial charge is 0.328 e. The van der Waals surface area contributed by atoms with E-state index < -0.39 is 12.1 Å². The molecule has 74 valence electrons. The Morgan fingerprint density at radius 3 is 2.69 bits per heavy atom. The molecule has 5 nitrogen and oxygen atoms in total. The Morgan fingerprint density at radius 2 is 2.15 bits per heavy atom. The topological polar surface area (TPSA) is 72.6 Å². The second-order valence-electron chi connectivity index (χ2n) is 3.07. The minimum Gasteiger partial charge on any atom is -0.467 e. The maximum absolute atomic E-state index is 11.2. The molecule has 0 bridgehead atoms. The van der Waals surface area contributed by atoms with E-state index in [1.807, 2.05) is 0 Å². The average molecular weight is 186 g/mol. The molecule has 0 aliphatic carbocycles. The summed E-state index contributed by atoms with van der Waals surface area (Å²) in [5, 5.41) is 0. The fraction of sp³-hybridized carbons (Fsp3) is 0.750. The monoisotopic (exact) mass is 186 g/mol. The van der Waals surface area contributed by atoms with E-state index in [-0.39, 0.29) is 5.97 Å². The highest BCUT2D eigenvalue weighted by Crippen LogP contribution is 2.17. The summed E-state index contributed by atoms with van der Waals surface area (Å²) in [4.78, 5) is 23.5. The molecule has 1 aliphatic heterocycles. The minimum absolute atomic E-state index is 0.376. The van der Waals surface area contributed by atoms with Crippen LogP contribution in [-0.2, 0) is 9.53 Å². The van der Waals surface area contributed by atoms with E-state index in [2.05, 4.69) is 4.74 Å². The maximum atomic E-state index is 11.2. The summed E-state index contributed by atoms with van der Waals surface area (Å²) in [6, 6.07) is -1.02. The van der Waals surface area contributed by atoms with Gasteiger partial charge in [-0.1, -0.05) is 0 Å². The largest absolute Gasteiger partial charge is 0.467 e. The molecule has 0 spiro atoms. The number of hydrogen-bond donors (Lipinski definition) is 1. The van der Waals surface area contributed by atoms with Gasteiger partial charge in [0.15, 0.2) is 0 Å². The first-order valence-corrected chi connectivity index (χ1v) is 4.30. The minimum atomic E-state index is -0.546. The van der Waals surface area contributed by atoms with E-state index in [1.54, 1.807) is 0 Å². The van der Waals surface area contributed by atoms with Crippen molar-refractivity contribution in [1.82, 2.24) is 4.90 Å². The van der Waals surface area contributed by atoms with Crippen molar-refractivity contribution in [2.75, 3.05) is 13.7 Å². The highest BCUT2D eigenvalue weighted by molar-refractivity contribution is 5.83. The molecule has 1 rings (SSSR count). The quantitative estimate of drug-likeness (QED) is 0.590. The Balaban J connectivity index is 2.67. The number of urea groups is 1. The van der Waals surface area contributed by atoms with E-state index in [9.17, 15) is 9.59 Å². The number of likely N-dealkylation sites (tertiary alicyclic amines) is 1. The Labute approximate surface area is 76.8 Å². The standard InChI is InChI=1S/C8H14N2O3/c1-13-7(11)6-4-2-3-5-10(6)8(9)12/h6H,2-5H2,1H3,(H2,9,12). The first-order chi connectivity index (χ1) is 6.16. The number of rotatable bonds is 1. The molecule has 1 atom stereocenters. The molecule has 1 fully saturated rings. The Kier molecular flexibility index (Phi) is 3.11. The second-order valence-corrected chi connectivity index (χ2v) is 3.07. The zero-order chi connectivity index (χ0) is 9.84. The number of primary amides is 1. The van der Waals surface area contributed by atoms with Crippen molar-refractivity contribution in [3.05, 3.63) is 0 Å². The van der Waals surface area contributed by atoms with Gasteiger partial charge in [0.2, 0.25) is 0 Å². The molecule has 1 aliphatic rings. The molecule has 0 radical (unpaired) electrons. The molecule has 0 aromatic rings. The first-order valence-electron chi connectivity index (χ1n) is 4.30. The van der Waals surface area contributed by atoms with Gasteiger partial charge in [-0.05, 0) is 19.3 Å². The van der Waals surface area contributed by atoms with Crippen LogP contribution in [0.5, 0.6) is 0 Å². The molecule has 2 N–H and O–H groups in total. The number of hydrogen-bond acceptors (Lipinski definition) is 3. The van der Waals surface area contributed by atoms with Crippen LogP contribution in [0.25, 0.3) is 0 Å². The molecular weight excluding hydrogens is 172 g/mol. The molecule has 0 aromatic heterocycles. The van der Waals surface area contributed by atoms with Crippen LogP contribution in [0.3, 0.4) is 0 Å². The van der Waals surface area contributed by atoms with Gasteiger partial charge in [-0.2, -0.15) is 0 Å². The number of methoxy groups -OCH3 is 1. The fourth-order valence-electron chi connectivity index (χ4n) is 1.58. The molecule has 13 heavy (non-hydrogen) atoms. The normalized spacial score (nSPS) is 22.5. The van der Waals surface area contributed by atoms with Gasteiger partial charge < -0.3 is 15.4 Å². The van der Waals surface area contributed by atoms with Crippen molar-refractivity contribution in [2.24, 2.45) is 5.73 Å². The van der Waals surface area contributed by atoms with Gasteiger partial charge >= 0.3 is 12.0 Å². The van der Waals surface area contributed by atoms with E-state index >= 15 is 0 Å². The van der Waals surface area contributed by atoms with Gasteiger partial charge in [-0.25, -0.2) is 9.59 Å². The summed E-state index contributed by atoms with van der Waals surface area (Å²) >= 11 is 0. The first kappa shape index (κ1) is 9.83. The number of nitrogens with zero attached hydrogens (tertiary/aromatic N) is 1. The van der Waals surface area contributed by atoms with Crippen LogP contribution >= 0.6 is 0 Å². The summed E-state index contributed by atoms with van der Waals surface area (Å²) in [5.41, 5.74) is 5.13. The average Bonchev–Trinajstić information content (AvgIpc) is 2.16. The predicted octanol–water partition coefficient (Wildman–Crippen LogP) is 0.0926. The van der Waals surface area contributed by atoms with Crippen molar-refractivity contribution in [1.29, 1.82) is 0 Å². The number of piperidine rings is 1. The molecule has 1 unspecified atom stereocenters. The fourth-order valence-corrected chi connectivity index (χ4v) is 1.58. The van der Waals surface area contributed by atoms with E-state index in [4.69, 9.17) is 5.73 Å². The number of nitrogens with two attached hydrogens (primary N) is 1. The lowest BCUT2D eigenvalue weighted by Crippen LogP contribution is -2.50. The van der Waals surface area contributed by atoms with Crippen LogP contribution < -0.4 is 5.73 Å². The van der Waals surface area contributed by atoms with E-state index in [0.29, 0.717) is 13.0 Å². The summed E-state index contributed by atoms with van der Waals surface area (Å²) < 4.78 is 4.58. The Morgan fingerprint density at radius 1 is 1.46 bits per heavy atom. The van der Waals surface area contributed by atoms with Crippen LogP contribution in [0.15, 0.2) is 0 Å². The third-order valence-electron chi connectivity index (χ3n) is 2.26. The number of carbonyl (C=O) groups excluding carboxylic acids is 2. The number of esters is 1. The Bertz CT molecular complexity index is 217. The lowest BCUT2D eigenvalue weighted by atomic mass is 10.0. The van der Waals surface area contributed by atoms with Crippen molar-refractivity contribution in [2.45, 2.75) is 25.3 Å². The molecular formula is C8H14N2O3. The van der Waals surface area contributed by atoms with Crippen LogP contribution in [0, 0.1) is 0 Å². The number of amides is 2. The van der Waals surface area contributed by atoms with E-state index in [1.165, 1.54) is 12.0 Å². The van der Waals surface area contributed by atoms with Gasteiger partial charge in [0.05, 0.1) is 7.11 Å². The van der Waals surface area contributed by atoms with Crippen LogP contribution in [0.1, 0.15) is 19.3 Å². The van der Waals surface area contributed by atoms with Crippen molar-refractivity contribution in [3.8, 4) is 0 Å². The summed E-state index contributed by atoms with van der Waals surface area (Å²) in [7, 11) is 1.32. The van der Waals surface area contributed by atoms with Crippen LogP contribution in [0.2, 0.25) is 0 Å². The third-order valence-corrected chi connectivity index (χ3v) is 2.26. The summed E-state index contributed by atoms with van der Waals surface area (Å²) in [6.45, 7) is 0.551. The Hall–Kier alpha value is -1.26. The molecule has 1 heterocycles. The van der Waals surface area contributed by atoms with Gasteiger partial charge in [-0.15, -0.1) is 0 Å². The number of ether oxygens (including phenoxy) is 1. The van der Waals surface area contributed by atoms with Crippen molar-refractivity contribution < 1.29 is 14.3 Å². The molecule has 1 saturated heterocycles. The lowest BCUT2D eigenvalue weighted by molar-refractivity contribution is -0.146. The van der Waals surface area contributed by atoms with Gasteiger partial charge in [0, 0.05) is 6.54 Å². The molecule has 0 saturated carbocycles. The van der Waals surface area contributed by atoms with Gasteiger partial charge in [0.1, 0.15) is 6.04 Å². The lowest BCUT2D eigenvalue weighted by Gasteiger charge is -2.32. The van der Waals surface area contributed by atoms with E-state index in [0.717, 1.165) is 12.8 Å². The zero-order valence-corrected chi connectivity index (χ0v) is 7.66. The van der Waals surface area contributed by atoms with Crippen LogP contribution in [-0.4, -0.2) is 36.6 Å². The SMILES string of the molecule is COC(=O)C1CCCCN1C(N)=O. The molecule has 0 aromatic carbocycles. The second kappa shape index (κ2) is 4.11.